The molecule has 4 rings (SSSR count). The average Bonchev–Trinajstić information content (AvgIpc) is 3.27. The fourth-order valence-corrected chi connectivity index (χ4v) is 4.29. The first-order valence-corrected chi connectivity index (χ1v) is 14.1. The van der Waals surface area contributed by atoms with E-state index in [1.807, 2.05) is 34.6 Å². The van der Waals surface area contributed by atoms with Gasteiger partial charge in [0.1, 0.15) is 11.4 Å². The third kappa shape index (κ3) is 7.64. The molecule has 1 aromatic heterocycles. The van der Waals surface area contributed by atoms with Crippen LogP contribution in [0, 0.1) is 0 Å². The SMILES string of the molecule is CC(C)(C)OC(=O)NCCCCc1nc2ccc(-c3ccc4ccc(BOC(C)(C)C(C)(C)O)cc4c3)cc2[nH]1. The molecule has 212 valence electrons. The molecule has 3 N–H and O–H groups in total. The number of fused-ring (bicyclic) bond motifs is 2. The average molecular weight is 544 g/mol. The molecule has 3 aromatic carbocycles. The Morgan fingerprint density at radius 1 is 0.925 bits per heavy atom. The van der Waals surface area contributed by atoms with E-state index in [9.17, 15) is 9.90 Å². The van der Waals surface area contributed by atoms with E-state index in [0.717, 1.165) is 58.1 Å². The summed E-state index contributed by atoms with van der Waals surface area (Å²) in [5.41, 5.74) is 3.18. The highest BCUT2D eigenvalue weighted by molar-refractivity contribution is 6.47. The summed E-state index contributed by atoms with van der Waals surface area (Å²) in [6.07, 6.45) is 2.19. The lowest BCUT2D eigenvalue weighted by Gasteiger charge is -2.37. The van der Waals surface area contributed by atoms with Crippen molar-refractivity contribution >= 4 is 40.8 Å². The number of aryl methyl sites for hydroxylation is 1. The normalized spacial score (nSPS) is 12.6. The van der Waals surface area contributed by atoms with Gasteiger partial charge in [-0.3, -0.25) is 0 Å². The molecule has 0 aliphatic heterocycles. The summed E-state index contributed by atoms with van der Waals surface area (Å²) in [6, 6.07) is 19.2. The van der Waals surface area contributed by atoms with Crippen molar-refractivity contribution in [2.75, 3.05) is 6.54 Å². The number of hydrogen-bond acceptors (Lipinski definition) is 5. The van der Waals surface area contributed by atoms with Gasteiger partial charge in [-0.2, -0.15) is 0 Å². The lowest BCUT2D eigenvalue weighted by molar-refractivity contribution is -0.0893. The van der Waals surface area contributed by atoms with Crippen LogP contribution in [-0.2, 0) is 15.8 Å². The molecule has 0 fully saturated rings. The minimum atomic E-state index is -0.943. The van der Waals surface area contributed by atoms with Gasteiger partial charge in [0, 0.05) is 13.0 Å². The molecule has 0 saturated heterocycles. The number of nitrogens with one attached hydrogen (secondary N) is 2. The van der Waals surface area contributed by atoms with E-state index in [1.54, 1.807) is 13.8 Å². The van der Waals surface area contributed by atoms with Crippen molar-refractivity contribution in [3.8, 4) is 11.1 Å². The van der Waals surface area contributed by atoms with Crippen molar-refractivity contribution in [3.63, 3.8) is 0 Å². The van der Waals surface area contributed by atoms with Crippen LogP contribution in [0.5, 0.6) is 0 Å². The van der Waals surface area contributed by atoms with Crippen LogP contribution in [0.4, 0.5) is 4.79 Å². The van der Waals surface area contributed by atoms with E-state index in [2.05, 4.69) is 64.9 Å². The maximum atomic E-state index is 11.8. The van der Waals surface area contributed by atoms with Gasteiger partial charge >= 0.3 is 13.6 Å². The predicted molar refractivity (Wildman–Crippen MR) is 164 cm³/mol. The van der Waals surface area contributed by atoms with Gasteiger partial charge in [0.05, 0.1) is 22.2 Å². The Balaban J connectivity index is 1.40. The zero-order valence-electron chi connectivity index (χ0n) is 24.9. The van der Waals surface area contributed by atoms with Crippen LogP contribution >= 0.6 is 0 Å². The third-order valence-electron chi connectivity index (χ3n) is 7.35. The molecule has 8 heteroatoms. The Morgan fingerprint density at radius 2 is 1.62 bits per heavy atom. The molecule has 1 heterocycles. The molecule has 0 unspecified atom stereocenters. The maximum absolute atomic E-state index is 11.8. The molecule has 0 aliphatic carbocycles. The molecular weight excluding hydrogens is 501 g/mol. The number of unbranched alkanes of at least 4 members (excludes halogenated alkanes) is 1. The lowest BCUT2D eigenvalue weighted by Crippen LogP contribution is -2.49. The van der Waals surface area contributed by atoms with Crippen LogP contribution in [0.3, 0.4) is 0 Å². The highest BCUT2D eigenvalue weighted by Crippen LogP contribution is 2.28. The number of H-pyrrole nitrogens is 1. The van der Waals surface area contributed by atoms with Crippen molar-refractivity contribution in [3.05, 3.63) is 60.4 Å². The van der Waals surface area contributed by atoms with Gasteiger partial charge in [-0.15, -0.1) is 0 Å². The minimum Gasteiger partial charge on any atom is -0.444 e. The van der Waals surface area contributed by atoms with Crippen molar-refractivity contribution in [1.82, 2.24) is 15.3 Å². The van der Waals surface area contributed by atoms with Crippen molar-refractivity contribution < 1.29 is 19.3 Å². The van der Waals surface area contributed by atoms with Crippen LogP contribution in [0.1, 0.15) is 67.1 Å². The van der Waals surface area contributed by atoms with E-state index >= 15 is 0 Å². The van der Waals surface area contributed by atoms with Crippen molar-refractivity contribution in [1.29, 1.82) is 0 Å². The van der Waals surface area contributed by atoms with Crippen molar-refractivity contribution in [2.24, 2.45) is 0 Å². The number of rotatable bonds is 10. The molecule has 1 amide bonds. The van der Waals surface area contributed by atoms with Crippen LogP contribution < -0.4 is 10.8 Å². The molecular formula is C32H42BN3O4. The van der Waals surface area contributed by atoms with E-state index in [1.165, 1.54) is 5.39 Å². The second-order valence-electron chi connectivity index (χ2n) is 12.6. The number of amides is 1. The van der Waals surface area contributed by atoms with Gasteiger partial charge in [-0.1, -0.05) is 41.9 Å². The molecule has 0 bridgehead atoms. The fourth-order valence-electron chi connectivity index (χ4n) is 4.29. The number of imidazole rings is 1. The van der Waals surface area contributed by atoms with Gasteiger partial charge in [0.2, 0.25) is 0 Å². The molecule has 7 nitrogen and oxygen atoms in total. The van der Waals surface area contributed by atoms with Gasteiger partial charge in [0.25, 0.3) is 0 Å². The summed E-state index contributed by atoms with van der Waals surface area (Å²) in [7, 11) is 0.428. The molecule has 0 radical (unpaired) electrons. The Bertz CT molecular complexity index is 1480. The third-order valence-corrected chi connectivity index (χ3v) is 7.35. The molecule has 4 aromatic rings. The highest BCUT2D eigenvalue weighted by atomic mass is 16.6. The van der Waals surface area contributed by atoms with E-state index < -0.39 is 16.8 Å². The fraction of sp³-hybridized carbons (Fsp3) is 0.438. The Labute approximate surface area is 238 Å². The smallest absolute Gasteiger partial charge is 0.407 e. The molecule has 0 aliphatic rings. The summed E-state index contributed by atoms with van der Waals surface area (Å²) in [5, 5.41) is 15.5. The Morgan fingerprint density at radius 3 is 2.35 bits per heavy atom. The number of aromatic amines is 1. The lowest BCUT2D eigenvalue weighted by atomic mass is 9.82. The van der Waals surface area contributed by atoms with Crippen LogP contribution in [0.2, 0.25) is 0 Å². The largest absolute Gasteiger partial charge is 0.444 e. The minimum absolute atomic E-state index is 0.378. The molecule has 40 heavy (non-hydrogen) atoms. The second-order valence-corrected chi connectivity index (χ2v) is 12.6. The first kappa shape index (κ1) is 29.6. The topological polar surface area (TPSA) is 96.5 Å². The second kappa shape index (κ2) is 11.6. The number of aliphatic hydroxyl groups is 1. The number of ether oxygens (including phenoxy) is 1. The number of carbonyl (C=O) groups excluding carboxylic acids is 1. The maximum Gasteiger partial charge on any atom is 0.407 e. The number of hydrogen-bond donors (Lipinski definition) is 3. The number of benzene rings is 3. The first-order valence-electron chi connectivity index (χ1n) is 14.1. The summed E-state index contributed by atoms with van der Waals surface area (Å²) in [6.45, 7) is 13.5. The zero-order chi connectivity index (χ0) is 29.1. The number of carbonyl (C=O) groups is 1. The van der Waals surface area contributed by atoms with Crippen LogP contribution in [-0.4, -0.2) is 52.0 Å². The number of aromatic nitrogens is 2. The standard InChI is InChI=1S/C32H42BN3O4/c1-30(2,3)39-29(37)34-17-9-8-10-28-35-26-16-14-23(20-27(26)36-28)22-12-11-21-13-15-25(19-24(21)18-22)33-40-32(6,7)31(4,5)38/h11-16,18-20,33,38H,8-10,17H2,1-7H3,(H,34,37)(H,35,36). The number of alkyl carbamates (subject to hydrolysis) is 1. The van der Waals surface area contributed by atoms with Crippen LogP contribution in [0.25, 0.3) is 32.9 Å². The quantitative estimate of drug-likeness (QED) is 0.174. The monoisotopic (exact) mass is 543 g/mol. The first-order chi connectivity index (χ1) is 18.7. The van der Waals surface area contributed by atoms with Crippen LogP contribution in [0.15, 0.2) is 54.6 Å². The summed E-state index contributed by atoms with van der Waals surface area (Å²) < 4.78 is 11.3. The molecule has 0 spiro atoms. The predicted octanol–water partition coefficient (Wildman–Crippen LogP) is 5.77. The van der Waals surface area contributed by atoms with Gasteiger partial charge in [-0.25, -0.2) is 9.78 Å². The van der Waals surface area contributed by atoms with Gasteiger partial charge in [0.15, 0.2) is 0 Å². The molecule has 0 atom stereocenters. The summed E-state index contributed by atoms with van der Waals surface area (Å²) >= 11 is 0. The van der Waals surface area contributed by atoms with Gasteiger partial charge < -0.3 is 24.8 Å². The summed E-state index contributed by atoms with van der Waals surface area (Å²) in [4.78, 5) is 20.0. The van der Waals surface area contributed by atoms with E-state index in [-0.39, 0.29) is 6.09 Å². The van der Waals surface area contributed by atoms with E-state index in [4.69, 9.17) is 14.4 Å². The zero-order valence-corrected chi connectivity index (χ0v) is 24.9. The van der Waals surface area contributed by atoms with Crippen molar-refractivity contribution in [2.45, 2.75) is 84.5 Å². The molecule has 0 saturated carbocycles. The Kier molecular flexibility index (Phi) is 8.62. The number of nitrogens with zero attached hydrogens (tertiary/aromatic N) is 1. The Hall–Kier alpha value is -3.36. The van der Waals surface area contributed by atoms with Gasteiger partial charge in [-0.05, 0) is 101 Å². The highest BCUT2D eigenvalue weighted by Gasteiger charge is 2.35. The van der Waals surface area contributed by atoms with E-state index in [0.29, 0.717) is 14.0 Å². The summed E-state index contributed by atoms with van der Waals surface area (Å²) in [5.74, 6) is 0.946.